The number of benzene rings is 1. The van der Waals surface area contributed by atoms with E-state index in [9.17, 15) is 13.2 Å². The van der Waals surface area contributed by atoms with Crippen LogP contribution in [-0.4, -0.2) is 20.0 Å². The second-order valence-electron chi connectivity index (χ2n) is 3.91. The van der Waals surface area contributed by atoms with Crippen molar-refractivity contribution < 1.29 is 13.2 Å². The van der Waals surface area contributed by atoms with E-state index in [0.29, 0.717) is 23.4 Å². The van der Waals surface area contributed by atoms with E-state index in [1.807, 2.05) is 6.92 Å². The minimum atomic E-state index is -3.41. The maximum atomic E-state index is 11.8. The summed E-state index contributed by atoms with van der Waals surface area (Å²) in [6, 6.07) is 6.76. The first-order valence-corrected chi connectivity index (χ1v) is 7.60. The number of hydrogen-bond acceptors (Lipinski definition) is 3. The lowest BCUT2D eigenvalue weighted by molar-refractivity contribution is -0.116. The summed E-state index contributed by atoms with van der Waals surface area (Å²) in [5.41, 5.74) is 0.540. The van der Waals surface area contributed by atoms with Crippen LogP contribution in [0.4, 0.5) is 0 Å². The Labute approximate surface area is 107 Å². The van der Waals surface area contributed by atoms with Crippen LogP contribution < -0.4 is 0 Å². The third-order valence-corrected chi connectivity index (χ3v) is 4.12. The first kappa shape index (κ1) is 14.2. The van der Waals surface area contributed by atoms with Gasteiger partial charge in [0.1, 0.15) is 11.5 Å². The lowest BCUT2D eigenvalue weighted by Gasteiger charge is -2.05. The molecule has 0 unspecified atom stereocenters. The van der Waals surface area contributed by atoms with E-state index in [-0.39, 0.29) is 11.5 Å². The molecule has 0 saturated carbocycles. The van der Waals surface area contributed by atoms with Crippen molar-refractivity contribution in [2.75, 3.05) is 5.75 Å². The molecule has 0 spiro atoms. The first-order valence-electron chi connectivity index (χ1n) is 5.40. The summed E-state index contributed by atoms with van der Waals surface area (Å²) in [6.07, 6.45) is 0.974. The Morgan fingerprint density at radius 2 is 1.94 bits per heavy atom. The number of Topliss-reactive ketones (excluding diaryl/α,β-unsaturated/α-hetero) is 1. The molecular weight excluding hydrogens is 260 g/mol. The molecule has 0 aliphatic carbocycles. The van der Waals surface area contributed by atoms with Gasteiger partial charge in [0.05, 0.1) is 5.75 Å². The van der Waals surface area contributed by atoms with E-state index in [1.54, 1.807) is 24.3 Å². The number of carbonyl (C=O) groups excluding carboxylic acids is 1. The van der Waals surface area contributed by atoms with Crippen LogP contribution in [0.25, 0.3) is 0 Å². The summed E-state index contributed by atoms with van der Waals surface area (Å²) in [6.45, 7) is 1.85. The van der Waals surface area contributed by atoms with Crippen LogP contribution in [0.5, 0.6) is 0 Å². The third-order valence-electron chi connectivity index (χ3n) is 2.24. The van der Waals surface area contributed by atoms with Gasteiger partial charge in [-0.3, -0.25) is 4.79 Å². The molecule has 0 bridgehead atoms. The monoisotopic (exact) mass is 274 g/mol. The van der Waals surface area contributed by atoms with Crippen molar-refractivity contribution in [2.24, 2.45) is 0 Å². The highest BCUT2D eigenvalue weighted by molar-refractivity contribution is 7.91. The molecule has 5 heteroatoms. The van der Waals surface area contributed by atoms with E-state index in [2.05, 4.69) is 0 Å². The lowest BCUT2D eigenvalue weighted by atomic mass is 10.2. The third kappa shape index (κ3) is 4.88. The fraction of sp³-hybridized carbons (Fsp3) is 0.417. The minimum absolute atomic E-state index is 0.178. The zero-order valence-corrected chi connectivity index (χ0v) is 11.2. The van der Waals surface area contributed by atoms with Gasteiger partial charge < -0.3 is 0 Å². The first-order chi connectivity index (χ1) is 7.94. The van der Waals surface area contributed by atoms with Crippen molar-refractivity contribution >= 4 is 27.2 Å². The Bertz CT molecular complexity index is 494. The highest BCUT2D eigenvalue weighted by Gasteiger charge is 2.17. The molecule has 17 heavy (non-hydrogen) atoms. The van der Waals surface area contributed by atoms with Gasteiger partial charge in [-0.1, -0.05) is 36.7 Å². The van der Waals surface area contributed by atoms with Gasteiger partial charge in [-0.15, -0.1) is 0 Å². The normalized spacial score (nSPS) is 11.4. The zero-order valence-electron chi connectivity index (χ0n) is 9.65. The molecule has 0 aromatic heterocycles. The van der Waals surface area contributed by atoms with Crippen LogP contribution in [0.3, 0.4) is 0 Å². The fourth-order valence-corrected chi connectivity index (χ4v) is 3.24. The van der Waals surface area contributed by atoms with Gasteiger partial charge in [-0.05, 0) is 18.1 Å². The van der Waals surface area contributed by atoms with Crippen molar-refractivity contribution in [3.05, 3.63) is 34.9 Å². The highest BCUT2D eigenvalue weighted by Crippen LogP contribution is 2.18. The Hall–Kier alpha value is -0.870. The molecule has 0 atom stereocenters. The number of hydrogen-bond donors (Lipinski definition) is 0. The van der Waals surface area contributed by atoms with Gasteiger partial charge >= 0.3 is 0 Å². The summed E-state index contributed by atoms with van der Waals surface area (Å²) in [5.74, 6) is -0.812. The summed E-state index contributed by atoms with van der Waals surface area (Å²) < 4.78 is 23.5. The SMILES string of the molecule is CCCC(=O)CS(=O)(=O)Cc1ccccc1Cl. The van der Waals surface area contributed by atoms with Crippen molar-refractivity contribution in [1.82, 2.24) is 0 Å². The predicted octanol–water partition coefficient (Wildman–Crippen LogP) is 2.62. The Balaban J connectivity index is 2.74. The van der Waals surface area contributed by atoms with Crippen molar-refractivity contribution in [3.63, 3.8) is 0 Å². The fourth-order valence-electron chi connectivity index (χ4n) is 1.50. The van der Waals surface area contributed by atoms with Crippen LogP contribution >= 0.6 is 11.6 Å². The summed E-state index contributed by atoms with van der Waals surface area (Å²) in [4.78, 5) is 11.3. The molecule has 1 rings (SSSR count). The Morgan fingerprint density at radius 1 is 1.29 bits per heavy atom. The number of halogens is 1. The summed E-state index contributed by atoms with van der Waals surface area (Å²) in [7, 11) is -3.41. The number of ketones is 1. The Kier molecular flexibility index (Phi) is 5.15. The Morgan fingerprint density at radius 3 is 2.53 bits per heavy atom. The number of sulfone groups is 1. The second kappa shape index (κ2) is 6.17. The molecule has 0 amide bonds. The van der Waals surface area contributed by atoms with Crippen LogP contribution in [0.1, 0.15) is 25.3 Å². The van der Waals surface area contributed by atoms with Gasteiger partial charge in [0.15, 0.2) is 9.84 Å². The molecule has 0 aliphatic rings. The zero-order chi connectivity index (χ0) is 12.9. The van der Waals surface area contributed by atoms with Crippen LogP contribution in [0, 0.1) is 0 Å². The van der Waals surface area contributed by atoms with E-state index < -0.39 is 15.6 Å². The predicted molar refractivity (Wildman–Crippen MR) is 68.9 cm³/mol. The van der Waals surface area contributed by atoms with Crippen molar-refractivity contribution in [1.29, 1.82) is 0 Å². The lowest BCUT2D eigenvalue weighted by Crippen LogP contribution is -2.17. The van der Waals surface area contributed by atoms with Gasteiger partial charge in [0, 0.05) is 11.4 Å². The summed E-state index contributed by atoms with van der Waals surface area (Å²) in [5, 5.41) is 0.416. The largest absolute Gasteiger partial charge is 0.299 e. The van der Waals surface area contributed by atoms with Crippen LogP contribution in [0.2, 0.25) is 5.02 Å². The second-order valence-corrected chi connectivity index (χ2v) is 6.38. The molecule has 0 heterocycles. The smallest absolute Gasteiger partial charge is 0.161 e. The van der Waals surface area contributed by atoms with Gasteiger partial charge in [0.2, 0.25) is 0 Å². The molecule has 0 N–H and O–H groups in total. The standard InChI is InChI=1S/C12H15ClO3S/c1-2-5-11(14)9-17(15,16)8-10-6-3-4-7-12(10)13/h3-4,6-7H,2,5,8-9H2,1H3. The minimum Gasteiger partial charge on any atom is -0.299 e. The molecule has 0 radical (unpaired) electrons. The van der Waals surface area contributed by atoms with E-state index in [0.717, 1.165) is 0 Å². The van der Waals surface area contributed by atoms with E-state index in [1.165, 1.54) is 0 Å². The average Bonchev–Trinajstić information content (AvgIpc) is 2.20. The van der Waals surface area contributed by atoms with Gasteiger partial charge in [0.25, 0.3) is 0 Å². The molecular formula is C12H15ClO3S. The van der Waals surface area contributed by atoms with Gasteiger partial charge in [-0.25, -0.2) is 8.42 Å². The van der Waals surface area contributed by atoms with Crippen LogP contribution in [0.15, 0.2) is 24.3 Å². The summed E-state index contributed by atoms with van der Waals surface area (Å²) >= 11 is 5.88. The molecule has 3 nitrogen and oxygen atoms in total. The topological polar surface area (TPSA) is 51.2 Å². The average molecular weight is 275 g/mol. The highest BCUT2D eigenvalue weighted by atomic mass is 35.5. The van der Waals surface area contributed by atoms with Crippen molar-refractivity contribution in [3.8, 4) is 0 Å². The van der Waals surface area contributed by atoms with Gasteiger partial charge in [-0.2, -0.15) is 0 Å². The number of carbonyl (C=O) groups is 1. The van der Waals surface area contributed by atoms with E-state index in [4.69, 9.17) is 11.6 Å². The van der Waals surface area contributed by atoms with Crippen molar-refractivity contribution in [2.45, 2.75) is 25.5 Å². The van der Waals surface area contributed by atoms with Crippen LogP contribution in [-0.2, 0) is 20.4 Å². The maximum absolute atomic E-state index is 11.8. The molecule has 0 saturated heterocycles. The quantitative estimate of drug-likeness (QED) is 0.801. The molecule has 1 aromatic carbocycles. The maximum Gasteiger partial charge on any atom is 0.161 e. The molecule has 0 aliphatic heterocycles. The molecule has 94 valence electrons. The molecule has 1 aromatic rings. The van der Waals surface area contributed by atoms with E-state index >= 15 is 0 Å². The molecule has 0 fully saturated rings. The number of rotatable bonds is 6.